The Hall–Kier alpha value is -3.42. The van der Waals surface area contributed by atoms with Gasteiger partial charge in [0.2, 0.25) is 5.88 Å². The van der Waals surface area contributed by atoms with Gasteiger partial charge in [-0.3, -0.25) is 9.48 Å². The highest BCUT2D eigenvalue weighted by Gasteiger charge is 2.09. The first kappa shape index (κ1) is 15.5. The predicted molar refractivity (Wildman–Crippen MR) is 86.2 cm³/mol. The van der Waals surface area contributed by atoms with Crippen LogP contribution in [0.25, 0.3) is 11.3 Å². The van der Waals surface area contributed by atoms with Crippen LogP contribution in [0.1, 0.15) is 0 Å². The molecule has 0 bridgehead atoms. The van der Waals surface area contributed by atoms with Crippen molar-refractivity contribution in [3.63, 3.8) is 0 Å². The molecule has 3 rings (SSSR count). The second-order valence-corrected chi connectivity index (χ2v) is 4.92. The molecule has 0 atom stereocenters. The molecule has 0 saturated heterocycles. The van der Waals surface area contributed by atoms with Crippen LogP contribution in [-0.4, -0.2) is 32.8 Å². The van der Waals surface area contributed by atoms with Crippen molar-refractivity contribution < 1.29 is 14.3 Å². The highest BCUT2D eigenvalue weighted by atomic mass is 16.5. The molecule has 0 amide bonds. The lowest BCUT2D eigenvalue weighted by molar-refractivity contribution is -0.141. The third kappa shape index (κ3) is 3.67. The van der Waals surface area contributed by atoms with Gasteiger partial charge in [-0.25, -0.2) is 9.97 Å². The number of nitrogens with zero attached hydrogens (tertiary/aromatic N) is 4. The van der Waals surface area contributed by atoms with Crippen LogP contribution in [0, 0.1) is 0 Å². The smallest absolute Gasteiger partial charge is 0.327 e. The molecular weight excluding hydrogens is 310 g/mol. The van der Waals surface area contributed by atoms with Gasteiger partial charge in [0.15, 0.2) is 0 Å². The van der Waals surface area contributed by atoms with E-state index < -0.39 is 0 Å². The van der Waals surface area contributed by atoms with E-state index in [-0.39, 0.29) is 12.5 Å². The van der Waals surface area contributed by atoms with Crippen molar-refractivity contribution in [3.8, 4) is 22.9 Å². The fourth-order valence-corrected chi connectivity index (χ4v) is 2.03. The molecule has 8 nitrogen and oxygen atoms in total. The Kier molecular flexibility index (Phi) is 4.37. The van der Waals surface area contributed by atoms with Gasteiger partial charge < -0.3 is 15.2 Å². The van der Waals surface area contributed by atoms with Crippen molar-refractivity contribution in [2.45, 2.75) is 6.54 Å². The van der Waals surface area contributed by atoms with Crippen molar-refractivity contribution in [1.29, 1.82) is 0 Å². The van der Waals surface area contributed by atoms with Gasteiger partial charge in [0.05, 0.1) is 19.0 Å². The molecule has 0 radical (unpaired) electrons. The second kappa shape index (κ2) is 6.78. The standard InChI is InChI=1S/C16H15N5O3/c1-23-16(22)9-21-8-11(7-20-21)14-6-15(19-10-18-14)24-13-4-2-3-12(17)5-13/h2-8,10H,9,17H2,1H3. The van der Waals surface area contributed by atoms with Crippen LogP contribution in [-0.2, 0) is 16.1 Å². The lowest BCUT2D eigenvalue weighted by Crippen LogP contribution is -2.11. The number of nitrogens with two attached hydrogens (primary N) is 1. The molecular formula is C16H15N5O3. The monoisotopic (exact) mass is 325 g/mol. The zero-order chi connectivity index (χ0) is 16.9. The lowest BCUT2D eigenvalue weighted by atomic mass is 10.2. The zero-order valence-corrected chi connectivity index (χ0v) is 12.9. The Morgan fingerprint density at radius 1 is 1.29 bits per heavy atom. The Labute approximate surface area is 137 Å². The number of anilines is 1. The van der Waals surface area contributed by atoms with E-state index in [0.717, 1.165) is 5.56 Å². The number of hydrogen-bond donors (Lipinski definition) is 1. The Morgan fingerprint density at radius 3 is 2.96 bits per heavy atom. The number of esters is 1. The second-order valence-electron chi connectivity index (χ2n) is 4.92. The minimum Gasteiger partial charge on any atom is -0.468 e. The van der Waals surface area contributed by atoms with E-state index in [1.807, 2.05) is 0 Å². The number of aromatic nitrogens is 4. The molecule has 0 aliphatic heterocycles. The van der Waals surface area contributed by atoms with E-state index in [1.165, 1.54) is 18.1 Å². The van der Waals surface area contributed by atoms with E-state index in [4.69, 9.17) is 10.5 Å². The normalized spacial score (nSPS) is 10.4. The fraction of sp³-hybridized carbons (Fsp3) is 0.125. The van der Waals surface area contributed by atoms with Crippen molar-refractivity contribution in [1.82, 2.24) is 19.7 Å². The number of carbonyl (C=O) groups excluding carboxylic acids is 1. The first-order valence-electron chi connectivity index (χ1n) is 7.09. The molecule has 3 aromatic rings. The molecule has 0 saturated carbocycles. The number of hydrogen-bond acceptors (Lipinski definition) is 7. The van der Waals surface area contributed by atoms with Crippen molar-refractivity contribution in [2.24, 2.45) is 0 Å². The summed E-state index contributed by atoms with van der Waals surface area (Å²) >= 11 is 0. The number of nitrogen functional groups attached to an aromatic ring is 1. The summed E-state index contributed by atoms with van der Waals surface area (Å²) in [7, 11) is 1.33. The van der Waals surface area contributed by atoms with Crippen molar-refractivity contribution >= 4 is 11.7 Å². The molecule has 2 N–H and O–H groups in total. The predicted octanol–water partition coefficient (Wildman–Crippen LogP) is 1.89. The van der Waals surface area contributed by atoms with Crippen LogP contribution in [0.4, 0.5) is 5.69 Å². The maximum Gasteiger partial charge on any atom is 0.327 e. The van der Waals surface area contributed by atoms with E-state index in [2.05, 4.69) is 19.8 Å². The summed E-state index contributed by atoms with van der Waals surface area (Å²) in [4.78, 5) is 19.6. The largest absolute Gasteiger partial charge is 0.468 e. The zero-order valence-electron chi connectivity index (χ0n) is 12.9. The first-order valence-corrected chi connectivity index (χ1v) is 7.09. The molecule has 0 aliphatic rings. The highest BCUT2D eigenvalue weighted by molar-refractivity contribution is 5.69. The van der Waals surface area contributed by atoms with Gasteiger partial charge in [0, 0.05) is 29.6 Å². The summed E-state index contributed by atoms with van der Waals surface area (Å²) in [6.45, 7) is 0.0359. The summed E-state index contributed by atoms with van der Waals surface area (Å²) in [6, 6.07) is 8.74. The van der Waals surface area contributed by atoms with Crippen molar-refractivity contribution in [2.75, 3.05) is 12.8 Å². The van der Waals surface area contributed by atoms with Gasteiger partial charge >= 0.3 is 5.97 Å². The fourth-order valence-electron chi connectivity index (χ4n) is 2.03. The molecule has 0 fully saturated rings. The number of carbonyl (C=O) groups is 1. The number of methoxy groups -OCH3 is 1. The maximum absolute atomic E-state index is 11.3. The van der Waals surface area contributed by atoms with Crippen LogP contribution in [0.2, 0.25) is 0 Å². The summed E-state index contributed by atoms with van der Waals surface area (Å²) in [6.07, 6.45) is 4.70. The molecule has 2 heterocycles. The van der Waals surface area contributed by atoms with Crippen molar-refractivity contribution in [3.05, 3.63) is 49.1 Å². The van der Waals surface area contributed by atoms with E-state index >= 15 is 0 Å². The molecule has 8 heteroatoms. The number of benzene rings is 1. The van der Waals surface area contributed by atoms with Gasteiger partial charge in [-0.1, -0.05) is 6.07 Å². The molecule has 0 spiro atoms. The summed E-state index contributed by atoms with van der Waals surface area (Å²) < 4.78 is 11.8. The third-order valence-electron chi connectivity index (χ3n) is 3.17. The minimum atomic E-state index is -0.377. The molecule has 1 aromatic carbocycles. The van der Waals surface area contributed by atoms with E-state index in [9.17, 15) is 4.79 Å². The lowest BCUT2D eigenvalue weighted by Gasteiger charge is -2.06. The number of rotatable bonds is 5. The van der Waals surface area contributed by atoms with Crippen LogP contribution >= 0.6 is 0 Å². The topological polar surface area (TPSA) is 105 Å². The van der Waals surface area contributed by atoms with E-state index in [0.29, 0.717) is 23.0 Å². The molecule has 2 aromatic heterocycles. The average Bonchev–Trinajstić information content (AvgIpc) is 3.03. The van der Waals surface area contributed by atoms with Gasteiger partial charge in [-0.15, -0.1) is 0 Å². The van der Waals surface area contributed by atoms with Crippen LogP contribution < -0.4 is 10.5 Å². The molecule has 24 heavy (non-hydrogen) atoms. The minimum absolute atomic E-state index is 0.0359. The maximum atomic E-state index is 11.3. The van der Waals surface area contributed by atoms with Gasteiger partial charge in [0.25, 0.3) is 0 Å². The molecule has 122 valence electrons. The Bertz CT molecular complexity index is 862. The van der Waals surface area contributed by atoms with Gasteiger partial charge in [-0.05, 0) is 12.1 Å². The third-order valence-corrected chi connectivity index (χ3v) is 3.17. The van der Waals surface area contributed by atoms with Gasteiger partial charge in [-0.2, -0.15) is 5.10 Å². The molecule has 0 aliphatic carbocycles. The SMILES string of the molecule is COC(=O)Cn1cc(-c2cc(Oc3cccc(N)c3)ncn2)cn1. The summed E-state index contributed by atoms with van der Waals surface area (Å²) in [5.41, 5.74) is 7.69. The van der Waals surface area contributed by atoms with Crippen LogP contribution in [0.15, 0.2) is 49.1 Å². The van der Waals surface area contributed by atoms with Crippen LogP contribution in [0.5, 0.6) is 11.6 Å². The van der Waals surface area contributed by atoms with E-state index in [1.54, 1.807) is 42.7 Å². The Morgan fingerprint density at radius 2 is 2.17 bits per heavy atom. The quantitative estimate of drug-likeness (QED) is 0.564. The number of ether oxygens (including phenoxy) is 2. The van der Waals surface area contributed by atoms with Crippen LogP contribution in [0.3, 0.4) is 0 Å². The first-order chi connectivity index (χ1) is 11.6. The average molecular weight is 325 g/mol. The summed E-state index contributed by atoms with van der Waals surface area (Å²) in [5.74, 6) is 0.588. The highest BCUT2D eigenvalue weighted by Crippen LogP contribution is 2.24. The summed E-state index contributed by atoms with van der Waals surface area (Å²) in [5, 5.41) is 4.10. The molecule has 0 unspecified atom stereocenters. The Balaban J connectivity index is 1.79. The van der Waals surface area contributed by atoms with Gasteiger partial charge in [0.1, 0.15) is 18.6 Å².